The molecular formula is C20H27ClO2. The summed E-state index contributed by atoms with van der Waals surface area (Å²) in [5.74, 6) is 2.40. The molecule has 126 valence electrons. The average Bonchev–Trinajstić information content (AvgIpc) is 2.60. The van der Waals surface area contributed by atoms with Crippen molar-refractivity contribution in [2.75, 3.05) is 19.1 Å². The van der Waals surface area contributed by atoms with Crippen LogP contribution in [0.5, 0.6) is 11.5 Å². The Labute approximate surface area is 144 Å². The lowest BCUT2D eigenvalue weighted by Gasteiger charge is -2.17. The van der Waals surface area contributed by atoms with Crippen LogP contribution in [-0.2, 0) is 6.42 Å². The third kappa shape index (κ3) is 4.78. The predicted octanol–water partition coefficient (Wildman–Crippen LogP) is 5.98. The lowest BCUT2D eigenvalue weighted by atomic mass is 10.0. The Morgan fingerprint density at radius 2 is 1.70 bits per heavy atom. The largest absolute Gasteiger partial charge is 0.493 e. The van der Waals surface area contributed by atoms with E-state index in [4.69, 9.17) is 21.1 Å². The van der Waals surface area contributed by atoms with Gasteiger partial charge in [0.1, 0.15) is 18.1 Å². The van der Waals surface area contributed by atoms with E-state index >= 15 is 0 Å². The van der Waals surface area contributed by atoms with Crippen LogP contribution in [0.1, 0.15) is 45.1 Å². The number of hydrogen-bond donors (Lipinski definition) is 0. The zero-order valence-corrected chi connectivity index (χ0v) is 15.0. The van der Waals surface area contributed by atoms with Gasteiger partial charge in [-0.25, -0.2) is 0 Å². The maximum atomic E-state index is 6.17. The molecule has 3 heteroatoms. The molecule has 0 aromatic heterocycles. The highest BCUT2D eigenvalue weighted by Gasteiger charge is 2.13. The Balaban J connectivity index is 2.27. The predicted molar refractivity (Wildman–Crippen MR) is 99.2 cm³/mol. The van der Waals surface area contributed by atoms with Gasteiger partial charge < -0.3 is 9.47 Å². The normalized spacial score (nSPS) is 10.9. The van der Waals surface area contributed by atoms with Gasteiger partial charge in [-0.2, -0.15) is 0 Å². The van der Waals surface area contributed by atoms with Crippen molar-refractivity contribution >= 4 is 22.4 Å². The minimum absolute atomic E-state index is 0.492. The van der Waals surface area contributed by atoms with Crippen LogP contribution < -0.4 is 9.47 Å². The van der Waals surface area contributed by atoms with Gasteiger partial charge in [-0.3, -0.25) is 0 Å². The number of alkyl halides is 1. The van der Waals surface area contributed by atoms with E-state index in [9.17, 15) is 0 Å². The van der Waals surface area contributed by atoms with E-state index in [1.54, 1.807) is 0 Å². The van der Waals surface area contributed by atoms with Crippen LogP contribution in [0.4, 0.5) is 0 Å². The van der Waals surface area contributed by atoms with Crippen LogP contribution in [0.25, 0.3) is 10.8 Å². The number of benzene rings is 2. The maximum Gasteiger partial charge on any atom is 0.130 e. The quantitative estimate of drug-likeness (QED) is 0.393. The van der Waals surface area contributed by atoms with Gasteiger partial charge >= 0.3 is 0 Å². The molecule has 0 bridgehead atoms. The Morgan fingerprint density at radius 1 is 0.913 bits per heavy atom. The van der Waals surface area contributed by atoms with Gasteiger partial charge in [-0.15, -0.1) is 11.6 Å². The van der Waals surface area contributed by atoms with Crippen molar-refractivity contribution in [3.63, 3.8) is 0 Å². The van der Waals surface area contributed by atoms with Gasteiger partial charge in [0.15, 0.2) is 0 Å². The third-order valence-corrected chi connectivity index (χ3v) is 4.15. The highest BCUT2D eigenvalue weighted by molar-refractivity contribution is 6.18. The Morgan fingerprint density at radius 3 is 2.39 bits per heavy atom. The molecule has 0 atom stereocenters. The lowest BCUT2D eigenvalue weighted by Crippen LogP contribution is -2.04. The summed E-state index contributed by atoms with van der Waals surface area (Å²) in [6.45, 7) is 5.67. The van der Waals surface area contributed by atoms with Gasteiger partial charge in [0.2, 0.25) is 0 Å². The number of hydrogen-bond acceptors (Lipinski definition) is 2. The number of rotatable bonds is 10. The molecule has 0 aliphatic heterocycles. The molecule has 2 aromatic carbocycles. The van der Waals surface area contributed by atoms with E-state index in [2.05, 4.69) is 38.1 Å². The zero-order valence-electron chi connectivity index (χ0n) is 14.2. The average molecular weight is 335 g/mol. The van der Waals surface area contributed by atoms with Crippen LogP contribution in [0.3, 0.4) is 0 Å². The minimum atomic E-state index is 0.492. The van der Waals surface area contributed by atoms with E-state index in [-0.39, 0.29) is 0 Å². The Bertz CT molecular complexity index is 610. The molecule has 0 aliphatic rings. The molecule has 0 amide bonds. The van der Waals surface area contributed by atoms with Crippen molar-refractivity contribution in [1.82, 2.24) is 0 Å². The minimum Gasteiger partial charge on any atom is -0.493 e. The van der Waals surface area contributed by atoms with Crippen molar-refractivity contribution in [2.45, 2.75) is 46.0 Å². The van der Waals surface area contributed by atoms with Gasteiger partial charge in [-0.1, -0.05) is 57.4 Å². The van der Waals surface area contributed by atoms with Crippen LogP contribution in [0.2, 0.25) is 0 Å². The zero-order chi connectivity index (χ0) is 16.5. The van der Waals surface area contributed by atoms with Crippen molar-refractivity contribution in [2.24, 2.45) is 0 Å². The number of ether oxygens (including phenoxy) is 2. The maximum absolute atomic E-state index is 6.17. The van der Waals surface area contributed by atoms with Gasteiger partial charge in [-0.05, 0) is 24.5 Å². The van der Waals surface area contributed by atoms with Crippen LogP contribution in [0.15, 0.2) is 30.3 Å². The summed E-state index contributed by atoms with van der Waals surface area (Å²) >= 11 is 5.77. The molecule has 0 heterocycles. The monoisotopic (exact) mass is 334 g/mol. The second-order valence-electron chi connectivity index (χ2n) is 5.71. The molecule has 0 unspecified atom stereocenters. The highest BCUT2D eigenvalue weighted by Crippen LogP contribution is 2.37. The molecule has 0 spiro atoms. The molecule has 0 N–H and O–H groups in total. The molecular weight excluding hydrogens is 308 g/mol. The van der Waals surface area contributed by atoms with Crippen molar-refractivity contribution in [1.29, 1.82) is 0 Å². The van der Waals surface area contributed by atoms with E-state index < -0.39 is 0 Å². The number of aryl methyl sites for hydroxylation is 1. The van der Waals surface area contributed by atoms with E-state index in [0.29, 0.717) is 12.5 Å². The first kappa shape index (κ1) is 17.9. The Kier molecular flexibility index (Phi) is 7.54. The molecule has 0 fully saturated rings. The summed E-state index contributed by atoms with van der Waals surface area (Å²) < 4.78 is 12.0. The number of unbranched alkanes of at least 4 members (excludes halogenated alkanes) is 3. The van der Waals surface area contributed by atoms with Gasteiger partial charge in [0.25, 0.3) is 0 Å². The molecule has 23 heavy (non-hydrogen) atoms. The van der Waals surface area contributed by atoms with Crippen molar-refractivity contribution < 1.29 is 9.47 Å². The summed E-state index contributed by atoms with van der Waals surface area (Å²) in [4.78, 5) is 0. The fourth-order valence-corrected chi connectivity index (χ4v) is 2.85. The first-order valence-electron chi connectivity index (χ1n) is 8.68. The van der Waals surface area contributed by atoms with Gasteiger partial charge in [0, 0.05) is 10.8 Å². The molecule has 0 saturated carbocycles. The molecule has 0 radical (unpaired) electrons. The van der Waals surface area contributed by atoms with E-state index in [1.165, 1.54) is 24.8 Å². The van der Waals surface area contributed by atoms with Crippen LogP contribution >= 0.6 is 11.6 Å². The summed E-state index contributed by atoms with van der Waals surface area (Å²) in [7, 11) is 0. The first-order chi connectivity index (χ1) is 11.3. The smallest absolute Gasteiger partial charge is 0.130 e. The second kappa shape index (κ2) is 9.67. The van der Waals surface area contributed by atoms with Gasteiger partial charge in [0.05, 0.1) is 12.5 Å². The van der Waals surface area contributed by atoms with E-state index in [0.717, 1.165) is 41.7 Å². The topological polar surface area (TPSA) is 18.5 Å². The fraction of sp³-hybridized carbons (Fsp3) is 0.500. The SMILES string of the molecule is CCCCCCOc1c(CC)cc(OCCCl)c2ccccc12. The molecule has 2 aromatic rings. The molecule has 0 aliphatic carbocycles. The fourth-order valence-electron chi connectivity index (χ4n) is 2.77. The van der Waals surface area contributed by atoms with Crippen molar-refractivity contribution in [3.8, 4) is 11.5 Å². The number of halogens is 1. The highest BCUT2D eigenvalue weighted by atomic mass is 35.5. The standard InChI is InChI=1S/C20H27ClO2/c1-3-5-6-9-13-23-20-16(4-2)15-19(22-14-12-21)17-10-7-8-11-18(17)20/h7-8,10-11,15H,3-6,9,12-14H2,1-2H3. The second-order valence-corrected chi connectivity index (χ2v) is 6.09. The summed E-state index contributed by atoms with van der Waals surface area (Å²) in [5.41, 5.74) is 1.20. The number of fused-ring (bicyclic) bond motifs is 1. The molecule has 2 nitrogen and oxygen atoms in total. The third-order valence-electron chi connectivity index (χ3n) is 3.99. The van der Waals surface area contributed by atoms with Crippen molar-refractivity contribution in [3.05, 3.63) is 35.9 Å². The molecule has 0 saturated heterocycles. The summed E-state index contributed by atoms with van der Waals surface area (Å²) in [6, 6.07) is 10.4. The Hall–Kier alpha value is -1.41. The lowest BCUT2D eigenvalue weighted by molar-refractivity contribution is 0.304. The van der Waals surface area contributed by atoms with Crippen LogP contribution in [0, 0.1) is 0 Å². The summed E-state index contributed by atoms with van der Waals surface area (Å²) in [5, 5.41) is 2.23. The first-order valence-corrected chi connectivity index (χ1v) is 9.21. The summed E-state index contributed by atoms with van der Waals surface area (Å²) in [6.07, 6.45) is 5.78. The van der Waals surface area contributed by atoms with E-state index in [1.807, 2.05) is 6.07 Å². The van der Waals surface area contributed by atoms with Crippen LogP contribution in [-0.4, -0.2) is 19.1 Å². The molecule has 2 rings (SSSR count).